The van der Waals surface area contributed by atoms with Crippen LogP contribution in [0.3, 0.4) is 0 Å². The van der Waals surface area contributed by atoms with E-state index in [1.807, 2.05) is 13.0 Å². The lowest BCUT2D eigenvalue weighted by Gasteiger charge is -2.22. The molecular weight excluding hydrogens is 242 g/mol. The first-order valence-electron chi connectivity index (χ1n) is 7.01. The van der Waals surface area contributed by atoms with Gasteiger partial charge in [-0.2, -0.15) is 0 Å². The molecule has 1 heteroatoms. The summed E-state index contributed by atoms with van der Waals surface area (Å²) in [7, 11) is 0. The third kappa shape index (κ3) is 1.66. The van der Waals surface area contributed by atoms with E-state index >= 15 is 0 Å². The highest BCUT2D eigenvalue weighted by atomic mass is 14.4. The number of fused-ring (bicyclic) bond motifs is 3. The van der Waals surface area contributed by atoms with Crippen molar-refractivity contribution >= 4 is 11.8 Å². The van der Waals surface area contributed by atoms with Gasteiger partial charge in [-0.25, -0.2) is 0 Å². The fraction of sp³-hybridized carbons (Fsp3) is 0.211. The SMILES string of the molecule is C/C=C(\C=N)c1ccc2c(c1)C(C)(C)c1ccccc1-2. The van der Waals surface area contributed by atoms with Crippen LogP contribution in [0.4, 0.5) is 0 Å². The highest BCUT2D eigenvalue weighted by Gasteiger charge is 2.35. The van der Waals surface area contributed by atoms with Crippen molar-refractivity contribution in [3.63, 3.8) is 0 Å². The average molecular weight is 261 g/mol. The van der Waals surface area contributed by atoms with Crippen molar-refractivity contribution in [1.29, 1.82) is 5.41 Å². The molecule has 0 spiro atoms. The van der Waals surface area contributed by atoms with E-state index in [2.05, 4.69) is 56.3 Å². The normalized spacial score (nSPS) is 15.7. The first-order valence-corrected chi connectivity index (χ1v) is 7.01. The minimum atomic E-state index is 0.0306. The molecule has 1 nitrogen and oxygen atoms in total. The molecule has 1 aliphatic carbocycles. The van der Waals surface area contributed by atoms with E-state index in [0.717, 1.165) is 11.1 Å². The van der Waals surface area contributed by atoms with E-state index in [0.29, 0.717) is 0 Å². The molecular formula is C19H19N. The Morgan fingerprint density at radius 1 is 1.00 bits per heavy atom. The van der Waals surface area contributed by atoms with Gasteiger partial charge in [0.2, 0.25) is 0 Å². The zero-order valence-corrected chi connectivity index (χ0v) is 12.2. The molecule has 1 N–H and O–H groups in total. The largest absolute Gasteiger partial charge is 0.308 e. The van der Waals surface area contributed by atoms with Crippen LogP contribution in [0.1, 0.15) is 37.5 Å². The molecule has 0 fully saturated rings. The van der Waals surface area contributed by atoms with Crippen molar-refractivity contribution < 1.29 is 0 Å². The number of rotatable bonds is 2. The van der Waals surface area contributed by atoms with E-state index in [-0.39, 0.29) is 5.41 Å². The van der Waals surface area contributed by atoms with Gasteiger partial charge in [0.15, 0.2) is 0 Å². The lowest BCUT2D eigenvalue weighted by atomic mass is 9.81. The Labute approximate surface area is 120 Å². The van der Waals surface area contributed by atoms with Gasteiger partial charge in [-0.1, -0.05) is 56.3 Å². The molecule has 0 unspecified atom stereocenters. The zero-order valence-electron chi connectivity index (χ0n) is 12.2. The molecule has 0 heterocycles. The molecule has 1 aliphatic rings. The van der Waals surface area contributed by atoms with E-state index < -0.39 is 0 Å². The molecule has 0 aliphatic heterocycles. The van der Waals surface area contributed by atoms with Crippen LogP contribution in [0.5, 0.6) is 0 Å². The molecule has 0 aromatic heterocycles. The number of benzene rings is 2. The predicted molar refractivity (Wildman–Crippen MR) is 86.4 cm³/mol. The number of hydrogen-bond acceptors (Lipinski definition) is 1. The van der Waals surface area contributed by atoms with Crippen LogP contribution in [-0.4, -0.2) is 6.21 Å². The third-order valence-electron chi connectivity index (χ3n) is 4.38. The van der Waals surface area contributed by atoms with Crippen LogP contribution in [0.2, 0.25) is 0 Å². The summed E-state index contributed by atoms with van der Waals surface area (Å²) < 4.78 is 0. The minimum Gasteiger partial charge on any atom is -0.308 e. The first kappa shape index (κ1) is 12.9. The van der Waals surface area contributed by atoms with E-state index in [4.69, 9.17) is 5.41 Å². The molecule has 0 saturated heterocycles. The van der Waals surface area contributed by atoms with E-state index in [9.17, 15) is 0 Å². The highest BCUT2D eigenvalue weighted by molar-refractivity contribution is 6.08. The smallest absolute Gasteiger partial charge is 0.0253 e. The molecule has 20 heavy (non-hydrogen) atoms. The average Bonchev–Trinajstić information content (AvgIpc) is 2.70. The minimum absolute atomic E-state index is 0.0306. The summed E-state index contributed by atoms with van der Waals surface area (Å²) in [6, 6.07) is 15.2. The summed E-state index contributed by atoms with van der Waals surface area (Å²) >= 11 is 0. The monoisotopic (exact) mass is 261 g/mol. The second kappa shape index (κ2) is 4.45. The quantitative estimate of drug-likeness (QED) is 0.732. The Kier molecular flexibility index (Phi) is 2.86. The molecule has 0 radical (unpaired) electrons. The molecule has 0 atom stereocenters. The summed E-state index contributed by atoms with van der Waals surface area (Å²) in [5.41, 5.74) is 7.55. The molecule has 0 bridgehead atoms. The molecule has 0 saturated carbocycles. The summed E-state index contributed by atoms with van der Waals surface area (Å²) in [5.74, 6) is 0. The van der Waals surface area contributed by atoms with Gasteiger partial charge in [-0.05, 0) is 46.4 Å². The van der Waals surface area contributed by atoms with Crippen LogP contribution >= 0.6 is 0 Å². The maximum absolute atomic E-state index is 7.53. The van der Waals surface area contributed by atoms with Gasteiger partial charge in [0.05, 0.1) is 0 Å². The van der Waals surface area contributed by atoms with Crippen molar-refractivity contribution in [3.8, 4) is 11.1 Å². The lowest BCUT2D eigenvalue weighted by molar-refractivity contribution is 0.660. The van der Waals surface area contributed by atoms with Crippen molar-refractivity contribution in [2.45, 2.75) is 26.2 Å². The van der Waals surface area contributed by atoms with Crippen LogP contribution in [0.15, 0.2) is 48.5 Å². The van der Waals surface area contributed by atoms with Gasteiger partial charge in [-0.3, -0.25) is 0 Å². The van der Waals surface area contributed by atoms with Gasteiger partial charge in [-0.15, -0.1) is 0 Å². The van der Waals surface area contributed by atoms with Gasteiger partial charge in [0.1, 0.15) is 0 Å². The lowest BCUT2D eigenvalue weighted by Crippen LogP contribution is -2.15. The Balaban J connectivity index is 2.25. The first-order chi connectivity index (χ1) is 9.59. The van der Waals surface area contributed by atoms with E-state index in [1.54, 1.807) is 0 Å². The van der Waals surface area contributed by atoms with Gasteiger partial charge in [0.25, 0.3) is 0 Å². The Morgan fingerprint density at radius 3 is 2.40 bits per heavy atom. The van der Waals surface area contributed by atoms with Gasteiger partial charge >= 0.3 is 0 Å². The fourth-order valence-corrected chi connectivity index (χ4v) is 3.22. The Bertz CT molecular complexity index is 720. The van der Waals surface area contributed by atoms with Crippen molar-refractivity contribution in [2.75, 3.05) is 0 Å². The topological polar surface area (TPSA) is 23.9 Å². The Morgan fingerprint density at radius 2 is 1.70 bits per heavy atom. The fourth-order valence-electron chi connectivity index (χ4n) is 3.22. The molecule has 3 rings (SSSR count). The van der Waals surface area contributed by atoms with Crippen LogP contribution < -0.4 is 0 Å². The van der Waals surface area contributed by atoms with Crippen LogP contribution in [0, 0.1) is 5.41 Å². The zero-order chi connectivity index (χ0) is 14.3. The molecule has 2 aromatic carbocycles. The highest BCUT2D eigenvalue weighted by Crippen LogP contribution is 2.48. The summed E-state index contributed by atoms with van der Waals surface area (Å²) in [4.78, 5) is 0. The molecule has 0 amide bonds. The maximum atomic E-state index is 7.53. The van der Waals surface area contributed by atoms with Crippen LogP contribution in [0.25, 0.3) is 16.7 Å². The number of hydrogen-bond donors (Lipinski definition) is 1. The second-order valence-corrected chi connectivity index (χ2v) is 5.82. The standard InChI is InChI=1S/C19H19N/c1-4-13(12-20)14-9-10-16-15-7-5-6-8-17(15)19(2,3)18(16)11-14/h4-12,20H,1-3H3/b13-4+,20-12?. The predicted octanol–water partition coefficient (Wildman–Crippen LogP) is 5.05. The summed E-state index contributed by atoms with van der Waals surface area (Å²) in [5, 5.41) is 7.53. The summed E-state index contributed by atoms with van der Waals surface area (Å²) in [6.07, 6.45) is 3.42. The number of nitrogens with one attached hydrogen (secondary N) is 1. The van der Waals surface area contributed by atoms with Gasteiger partial charge in [0, 0.05) is 11.6 Å². The maximum Gasteiger partial charge on any atom is 0.0253 e. The van der Waals surface area contributed by atoms with Crippen molar-refractivity contribution in [2.24, 2.45) is 0 Å². The second-order valence-electron chi connectivity index (χ2n) is 5.82. The molecule has 100 valence electrons. The van der Waals surface area contributed by atoms with Crippen molar-refractivity contribution in [3.05, 3.63) is 65.2 Å². The third-order valence-corrected chi connectivity index (χ3v) is 4.38. The summed E-state index contributed by atoms with van der Waals surface area (Å²) in [6.45, 7) is 6.54. The van der Waals surface area contributed by atoms with Gasteiger partial charge < -0.3 is 5.41 Å². The van der Waals surface area contributed by atoms with Crippen molar-refractivity contribution in [1.82, 2.24) is 0 Å². The number of allylic oxidation sites excluding steroid dienone is 2. The molecule has 2 aromatic rings. The van der Waals surface area contributed by atoms with Crippen LogP contribution in [-0.2, 0) is 5.41 Å². The Hall–Kier alpha value is -2.15. The van der Waals surface area contributed by atoms with E-state index in [1.165, 1.54) is 28.5 Å².